The molecular formula is C12H15F2NS. The van der Waals surface area contributed by atoms with Crippen LogP contribution in [0.2, 0.25) is 0 Å². The summed E-state index contributed by atoms with van der Waals surface area (Å²) in [6.07, 6.45) is 3.40. The van der Waals surface area contributed by atoms with Crippen molar-refractivity contribution in [1.82, 2.24) is 5.32 Å². The van der Waals surface area contributed by atoms with E-state index in [2.05, 4.69) is 5.32 Å². The fourth-order valence-electron chi connectivity index (χ4n) is 2.05. The lowest BCUT2D eigenvalue weighted by molar-refractivity contribution is 0.506. The molecule has 2 atom stereocenters. The van der Waals surface area contributed by atoms with E-state index >= 15 is 0 Å². The van der Waals surface area contributed by atoms with E-state index in [0.29, 0.717) is 11.3 Å². The van der Waals surface area contributed by atoms with Gasteiger partial charge in [0.2, 0.25) is 0 Å². The van der Waals surface area contributed by atoms with Crippen LogP contribution in [0.3, 0.4) is 0 Å². The molecule has 0 aliphatic heterocycles. The van der Waals surface area contributed by atoms with Crippen molar-refractivity contribution in [2.24, 2.45) is 0 Å². The van der Waals surface area contributed by atoms with Gasteiger partial charge in [0.25, 0.3) is 0 Å². The average molecular weight is 243 g/mol. The predicted octanol–water partition coefficient (Wildman–Crippen LogP) is 3.20. The van der Waals surface area contributed by atoms with Gasteiger partial charge in [0.1, 0.15) is 0 Å². The van der Waals surface area contributed by atoms with Crippen molar-refractivity contribution in [2.75, 3.05) is 7.05 Å². The molecule has 4 heteroatoms. The Bertz CT molecular complexity index is 370. The van der Waals surface area contributed by atoms with E-state index in [1.165, 1.54) is 12.1 Å². The molecule has 1 fully saturated rings. The Balaban J connectivity index is 1.97. The highest BCUT2D eigenvalue weighted by molar-refractivity contribution is 8.00. The Morgan fingerprint density at radius 3 is 2.69 bits per heavy atom. The van der Waals surface area contributed by atoms with Gasteiger partial charge in [0.05, 0.1) is 0 Å². The molecule has 0 radical (unpaired) electrons. The first kappa shape index (κ1) is 11.9. The third kappa shape index (κ3) is 2.74. The van der Waals surface area contributed by atoms with Crippen LogP contribution in [0.1, 0.15) is 19.3 Å². The molecule has 0 spiro atoms. The molecule has 0 heterocycles. The third-order valence-corrected chi connectivity index (χ3v) is 4.27. The Morgan fingerprint density at radius 2 is 2.06 bits per heavy atom. The van der Waals surface area contributed by atoms with E-state index in [4.69, 9.17) is 0 Å². The van der Waals surface area contributed by atoms with Crippen LogP contribution in [-0.4, -0.2) is 18.3 Å². The predicted molar refractivity (Wildman–Crippen MR) is 62.7 cm³/mol. The minimum absolute atomic E-state index is 0.516. The number of hydrogen-bond acceptors (Lipinski definition) is 2. The van der Waals surface area contributed by atoms with E-state index in [1.807, 2.05) is 7.05 Å². The van der Waals surface area contributed by atoms with Crippen molar-refractivity contribution in [3.05, 3.63) is 29.8 Å². The Hall–Kier alpha value is -0.610. The highest BCUT2D eigenvalue weighted by Gasteiger charge is 2.24. The van der Waals surface area contributed by atoms with Crippen LogP contribution in [0.5, 0.6) is 0 Å². The van der Waals surface area contributed by atoms with Crippen LogP contribution >= 0.6 is 11.8 Å². The first-order chi connectivity index (χ1) is 7.69. The number of benzene rings is 1. The van der Waals surface area contributed by atoms with Crippen molar-refractivity contribution in [1.29, 1.82) is 0 Å². The summed E-state index contributed by atoms with van der Waals surface area (Å²) in [5.41, 5.74) is 0. The average Bonchev–Trinajstić information content (AvgIpc) is 2.71. The molecule has 0 aromatic heterocycles. The van der Waals surface area contributed by atoms with Gasteiger partial charge in [-0.05, 0) is 44.5 Å². The van der Waals surface area contributed by atoms with Crippen LogP contribution in [0.4, 0.5) is 8.78 Å². The summed E-state index contributed by atoms with van der Waals surface area (Å²) in [6.45, 7) is 0. The normalized spacial score (nSPS) is 24.9. The second-order valence-corrected chi connectivity index (χ2v) is 5.49. The monoisotopic (exact) mass is 243 g/mol. The lowest BCUT2D eigenvalue weighted by Gasteiger charge is -2.10. The SMILES string of the molecule is CNC1CCC(Sc2ccc(F)c(F)c2)C1. The molecule has 1 nitrogen and oxygen atoms in total. The Kier molecular flexibility index (Phi) is 3.82. The Morgan fingerprint density at radius 1 is 1.25 bits per heavy atom. The lowest BCUT2D eigenvalue weighted by atomic mass is 10.3. The standard InChI is InChI=1S/C12H15F2NS/c1-15-8-2-3-9(6-8)16-10-4-5-11(13)12(14)7-10/h4-5,7-9,15H,2-3,6H2,1H3. The van der Waals surface area contributed by atoms with E-state index in [9.17, 15) is 8.78 Å². The highest BCUT2D eigenvalue weighted by Crippen LogP contribution is 2.35. The van der Waals surface area contributed by atoms with Gasteiger partial charge in [-0.15, -0.1) is 11.8 Å². The van der Waals surface area contributed by atoms with Crippen molar-refractivity contribution in [3.8, 4) is 0 Å². The maximum absolute atomic E-state index is 13.0. The summed E-state index contributed by atoms with van der Waals surface area (Å²) < 4.78 is 25.7. The van der Waals surface area contributed by atoms with Gasteiger partial charge in [0, 0.05) is 16.2 Å². The second kappa shape index (κ2) is 5.15. The highest BCUT2D eigenvalue weighted by atomic mass is 32.2. The van der Waals surface area contributed by atoms with E-state index in [1.54, 1.807) is 17.8 Å². The van der Waals surface area contributed by atoms with Gasteiger partial charge >= 0.3 is 0 Å². The fourth-order valence-corrected chi connectivity index (χ4v) is 3.34. The number of halogens is 2. The third-order valence-electron chi connectivity index (χ3n) is 2.99. The second-order valence-electron chi connectivity index (χ2n) is 4.11. The Labute approximate surface area is 98.6 Å². The summed E-state index contributed by atoms with van der Waals surface area (Å²) in [7, 11) is 1.97. The minimum Gasteiger partial charge on any atom is -0.317 e. The number of hydrogen-bond donors (Lipinski definition) is 1. The zero-order chi connectivity index (χ0) is 11.5. The largest absolute Gasteiger partial charge is 0.317 e. The van der Waals surface area contributed by atoms with Crippen LogP contribution in [0.15, 0.2) is 23.1 Å². The van der Waals surface area contributed by atoms with Gasteiger partial charge in [-0.25, -0.2) is 8.78 Å². The summed E-state index contributed by atoms with van der Waals surface area (Å²) >= 11 is 1.65. The zero-order valence-corrected chi connectivity index (χ0v) is 9.99. The summed E-state index contributed by atoms with van der Waals surface area (Å²) in [6, 6.07) is 4.70. The lowest BCUT2D eigenvalue weighted by Crippen LogP contribution is -2.21. The first-order valence-electron chi connectivity index (χ1n) is 5.48. The van der Waals surface area contributed by atoms with Gasteiger partial charge in [-0.2, -0.15) is 0 Å². The molecule has 1 aromatic carbocycles. The quantitative estimate of drug-likeness (QED) is 0.875. The molecule has 88 valence electrons. The van der Waals surface area contributed by atoms with Gasteiger partial charge in [0.15, 0.2) is 11.6 Å². The molecule has 16 heavy (non-hydrogen) atoms. The van der Waals surface area contributed by atoms with E-state index in [-0.39, 0.29) is 0 Å². The molecule has 0 saturated heterocycles. The van der Waals surface area contributed by atoms with E-state index < -0.39 is 11.6 Å². The van der Waals surface area contributed by atoms with Crippen molar-refractivity contribution < 1.29 is 8.78 Å². The number of nitrogens with one attached hydrogen (secondary N) is 1. The van der Waals surface area contributed by atoms with Crippen LogP contribution in [0.25, 0.3) is 0 Å². The molecule has 1 saturated carbocycles. The minimum atomic E-state index is -0.774. The van der Waals surface area contributed by atoms with Gasteiger partial charge < -0.3 is 5.32 Å². The van der Waals surface area contributed by atoms with Crippen LogP contribution in [-0.2, 0) is 0 Å². The summed E-state index contributed by atoms with van der Waals surface area (Å²) in [5.74, 6) is -1.53. The number of thioether (sulfide) groups is 1. The molecule has 0 bridgehead atoms. The summed E-state index contributed by atoms with van der Waals surface area (Å²) in [5, 5.41) is 3.77. The fraction of sp³-hybridized carbons (Fsp3) is 0.500. The molecule has 1 aliphatic rings. The number of rotatable bonds is 3. The van der Waals surface area contributed by atoms with Crippen molar-refractivity contribution in [2.45, 2.75) is 35.4 Å². The molecule has 1 N–H and O–H groups in total. The zero-order valence-electron chi connectivity index (χ0n) is 9.17. The molecule has 2 rings (SSSR count). The molecule has 1 aromatic rings. The van der Waals surface area contributed by atoms with Crippen LogP contribution in [0, 0.1) is 11.6 Å². The van der Waals surface area contributed by atoms with Crippen molar-refractivity contribution in [3.63, 3.8) is 0 Å². The molecule has 2 unspecified atom stereocenters. The maximum Gasteiger partial charge on any atom is 0.159 e. The molecule has 1 aliphatic carbocycles. The maximum atomic E-state index is 13.0. The van der Waals surface area contributed by atoms with E-state index in [0.717, 1.165) is 24.2 Å². The summed E-state index contributed by atoms with van der Waals surface area (Å²) in [4.78, 5) is 0.820. The van der Waals surface area contributed by atoms with Crippen LogP contribution < -0.4 is 5.32 Å². The van der Waals surface area contributed by atoms with Gasteiger partial charge in [-0.3, -0.25) is 0 Å². The van der Waals surface area contributed by atoms with Crippen molar-refractivity contribution >= 4 is 11.8 Å². The first-order valence-corrected chi connectivity index (χ1v) is 6.36. The topological polar surface area (TPSA) is 12.0 Å². The molecule has 0 amide bonds. The smallest absolute Gasteiger partial charge is 0.159 e. The molecular weight excluding hydrogens is 228 g/mol. The van der Waals surface area contributed by atoms with Gasteiger partial charge in [-0.1, -0.05) is 0 Å².